The summed E-state index contributed by atoms with van der Waals surface area (Å²) in [6.07, 6.45) is -0.271. The topological polar surface area (TPSA) is 83.7 Å². The van der Waals surface area contributed by atoms with Gasteiger partial charge in [-0.1, -0.05) is 35.4 Å². The van der Waals surface area contributed by atoms with E-state index >= 15 is 0 Å². The van der Waals surface area contributed by atoms with Gasteiger partial charge in [-0.05, 0) is 42.6 Å². The number of nitrogens with one attached hydrogen (secondary N) is 2. The number of H-pyrrole nitrogens is 1. The minimum Gasteiger partial charge on any atom is -0.376 e. The first-order valence-corrected chi connectivity index (χ1v) is 10.5. The summed E-state index contributed by atoms with van der Waals surface area (Å²) < 4.78 is 11.2. The second kappa shape index (κ2) is 9.51. The van der Waals surface area contributed by atoms with Crippen LogP contribution in [0.2, 0.25) is 5.02 Å². The number of hydrogen-bond donors (Lipinski definition) is 2. The van der Waals surface area contributed by atoms with Gasteiger partial charge in [0.25, 0.3) is 5.56 Å². The number of benzene rings is 2. The molecule has 8 heteroatoms. The highest BCUT2D eigenvalue weighted by Crippen LogP contribution is 2.22. The van der Waals surface area contributed by atoms with Gasteiger partial charge in [0.05, 0.1) is 49.7 Å². The molecule has 0 unspecified atom stereocenters. The number of pyridine rings is 1. The van der Waals surface area contributed by atoms with Crippen LogP contribution < -0.4 is 10.9 Å². The number of ether oxygens (including phenoxy) is 2. The van der Waals surface area contributed by atoms with Crippen molar-refractivity contribution >= 4 is 34.2 Å². The number of aromatic nitrogens is 1. The Kier molecular flexibility index (Phi) is 6.56. The van der Waals surface area contributed by atoms with Crippen molar-refractivity contribution in [3.05, 3.63) is 75.0 Å². The number of anilines is 1. The van der Waals surface area contributed by atoms with Crippen LogP contribution in [0.15, 0.2) is 53.3 Å². The van der Waals surface area contributed by atoms with Gasteiger partial charge in [-0.15, -0.1) is 0 Å². The SMILES string of the molecule is Cc1ccc2[nH]c(=O)c(CN(C[C@@H]3COCCO3)C(=O)Nc3ccccc3Cl)cc2c1. The summed E-state index contributed by atoms with van der Waals surface area (Å²) in [5, 5.41) is 4.18. The molecule has 7 nitrogen and oxygen atoms in total. The molecular formula is C23H24ClN3O4. The predicted octanol–water partition coefficient (Wildman–Crippen LogP) is 3.94. The first-order chi connectivity index (χ1) is 15.0. The molecule has 2 heterocycles. The number of para-hydroxylation sites is 1. The van der Waals surface area contributed by atoms with E-state index < -0.39 is 0 Å². The molecular weight excluding hydrogens is 418 g/mol. The summed E-state index contributed by atoms with van der Waals surface area (Å²) in [4.78, 5) is 30.3. The third kappa shape index (κ3) is 5.25. The van der Waals surface area contributed by atoms with Crippen LogP contribution in [0.5, 0.6) is 0 Å². The molecule has 1 aliphatic rings. The van der Waals surface area contributed by atoms with E-state index in [2.05, 4.69) is 10.3 Å². The van der Waals surface area contributed by atoms with Crippen molar-refractivity contribution in [1.29, 1.82) is 0 Å². The van der Waals surface area contributed by atoms with E-state index in [1.54, 1.807) is 29.2 Å². The van der Waals surface area contributed by atoms with Crippen LogP contribution in [-0.4, -0.2) is 48.4 Å². The molecule has 162 valence electrons. The Labute approximate surface area is 184 Å². The molecule has 1 fully saturated rings. The summed E-state index contributed by atoms with van der Waals surface area (Å²) in [6, 6.07) is 14.3. The minimum atomic E-state index is -0.369. The van der Waals surface area contributed by atoms with E-state index in [1.165, 1.54) is 0 Å². The maximum atomic E-state index is 13.1. The lowest BCUT2D eigenvalue weighted by Crippen LogP contribution is -2.44. The van der Waals surface area contributed by atoms with Crippen molar-refractivity contribution < 1.29 is 14.3 Å². The second-order valence-corrected chi connectivity index (χ2v) is 7.98. The number of aromatic amines is 1. The van der Waals surface area contributed by atoms with Gasteiger partial charge >= 0.3 is 6.03 Å². The molecule has 0 saturated carbocycles. The van der Waals surface area contributed by atoms with E-state index in [0.29, 0.717) is 36.1 Å². The van der Waals surface area contributed by atoms with Crippen molar-refractivity contribution in [2.24, 2.45) is 0 Å². The van der Waals surface area contributed by atoms with Gasteiger partial charge in [-0.25, -0.2) is 4.79 Å². The average molecular weight is 442 g/mol. The van der Waals surface area contributed by atoms with E-state index in [1.807, 2.05) is 31.2 Å². The van der Waals surface area contributed by atoms with Crippen LogP contribution >= 0.6 is 11.6 Å². The highest BCUT2D eigenvalue weighted by Gasteiger charge is 2.24. The Bertz CT molecular complexity index is 1140. The van der Waals surface area contributed by atoms with Crippen molar-refractivity contribution in [3.63, 3.8) is 0 Å². The van der Waals surface area contributed by atoms with Gasteiger partial charge in [-0.2, -0.15) is 0 Å². The zero-order chi connectivity index (χ0) is 21.8. The molecule has 1 saturated heterocycles. The second-order valence-electron chi connectivity index (χ2n) is 7.57. The van der Waals surface area contributed by atoms with Crippen molar-refractivity contribution in [1.82, 2.24) is 9.88 Å². The van der Waals surface area contributed by atoms with Crippen molar-refractivity contribution in [2.45, 2.75) is 19.6 Å². The Morgan fingerprint density at radius 1 is 1.23 bits per heavy atom. The number of fused-ring (bicyclic) bond motifs is 1. The Balaban J connectivity index is 1.61. The number of urea groups is 1. The third-order valence-electron chi connectivity index (χ3n) is 5.15. The molecule has 3 aromatic rings. The van der Waals surface area contributed by atoms with Crippen LogP contribution in [0.1, 0.15) is 11.1 Å². The Morgan fingerprint density at radius 2 is 2.06 bits per heavy atom. The summed E-state index contributed by atoms with van der Waals surface area (Å²) >= 11 is 6.20. The number of hydrogen-bond acceptors (Lipinski definition) is 4. The smallest absolute Gasteiger partial charge is 0.322 e. The van der Waals surface area contributed by atoms with E-state index in [-0.39, 0.29) is 30.8 Å². The molecule has 1 aliphatic heterocycles. The average Bonchev–Trinajstić information content (AvgIpc) is 2.76. The molecule has 2 aromatic carbocycles. The number of carbonyl (C=O) groups excluding carboxylic acids is 1. The van der Waals surface area contributed by atoms with Gasteiger partial charge in [0.2, 0.25) is 0 Å². The van der Waals surface area contributed by atoms with E-state index in [4.69, 9.17) is 21.1 Å². The first-order valence-electron chi connectivity index (χ1n) is 10.1. The zero-order valence-corrected chi connectivity index (χ0v) is 17.9. The minimum absolute atomic E-state index is 0.120. The standard InChI is InChI=1S/C23H24ClN3O4/c1-15-6-7-20-16(10-15)11-17(22(28)25-20)12-27(13-18-14-30-8-9-31-18)23(29)26-21-5-3-2-4-19(21)24/h2-7,10-11,18H,8-9,12-14H2,1H3,(H,25,28)(H,26,29)/t18-/m1/s1. The fourth-order valence-corrected chi connectivity index (χ4v) is 3.74. The molecule has 1 aromatic heterocycles. The predicted molar refractivity (Wildman–Crippen MR) is 121 cm³/mol. The first kappa shape index (κ1) is 21.4. The van der Waals surface area contributed by atoms with Gasteiger partial charge in [0.15, 0.2) is 0 Å². The van der Waals surface area contributed by atoms with Gasteiger partial charge in [-0.3, -0.25) is 4.79 Å². The molecule has 0 spiro atoms. The fraction of sp³-hybridized carbons (Fsp3) is 0.304. The number of nitrogens with zero attached hydrogens (tertiary/aromatic N) is 1. The number of amides is 2. The summed E-state index contributed by atoms with van der Waals surface area (Å²) in [5.41, 5.74) is 2.61. The molecule has 31 heavy (non-hydrogen) atoms. The van der Waals surface area contributed by atoms with Crippen LogP contribution in [-0.2, 0) is 16.0 Å². The summed E-state index contributed by atoms with van der Waals surface area (Å²) in [6.45, 7) is 3.79. The number of halogens is 1. The Hall–Kier alpha value is -2.87. The van der Waals surface area contributed by atoms with Crippen LogP contribution in [0, 0.1) is 6.92 Å². The molecule has 2 amide bonds. The maximum Gasteiger partial charge on any atom is 0.322 e. The van der Waals surface area contributed by atoms with E-state index in [0.717, 1.165) is 16.5 Å². The molecule has 0 bridgehead atoms. The van der Waals surface area contributed by atoms with Gasteiger partial charge in [0.1, 0.15) is 0 Å². The molecule has 1 atom stereocenters. The van der Waals surface area contributed by atoms with Gasteiger partial charge < -0.3 is 24.7 Å². The summed E-state index contributed by atoms with van der Waals surface area (Å²) in [5.74, 6) is 0. The number of rotatable bonds is 5. The third-order valence-corrected chi connectivity index (χ3v) is 5.48. The molecule has 2 N–H and O–H groups in total. The monoisotopic (exact) mass is 441 g/mol. The quantitative estimate of drug-likeness (QED) is 0.628. The lowest BCUT2D eigenvalue weighted by atomic mass is 10.1. The molecule has 4 rings (SSSR count). The van der Waals surface area contributed by atoms with Crippen molar-refractivity contribution in [2.75, 3.05) is 31.7 Å². The lowest BCUT2D eigenvalue weighted by Gasteiger charge is -2.30. The van der Waals surface area contributed by atoms with Crippen LogP contribution in [0.25, 0.3) is 10.9 Å². The highest BCUT2D eigenvalue weighted by atomic mass is 35.5. The van der Waals surface area contributed by atoms with Crippen molar-refractivity contribution in [3.8, 4) is 0 Å². The van der Waals surface area contributed by atoms with Gasteiger partial charge in [0, 0.05) is 11.1 Å². The number of carbonyl (C=O) groups is 1. The number of aryl methyl sites for hydroxylation is 1. The van der Waals surface area contributed by atoms with Crippen LogP contribution in [0.4, 0.5) is 10.5 Å². The largest absolute Gasteiger partial charge is 0.376 e. The van der Waals surface area contributed by atoms with E-state index in [9.17, 15) is 9.59 Å². The molecule has 0 aliphatic carbocycles. The van der Waals surface area contributed by atoms with Crippen LogP contribution in [0.3, 0.4) is 0 Å². The Morgan fingerprint density at radius 3 is 2.84 bits per heavy atom. The maximum absolute atomic E-state index is 13.1. The zero-order valence-electron chi connectivity index (χ0n) is 17.2. The highest BCUT2D eigenvalue weighted by molar-refractivity contribution is 6.33. The fourth-order valence-electron chi connectivity index (χ4n) is 3.56. The molecule has 0 radical (unpaired) electrons. The summed E-state index contributed by atoms with van der Waals surface area (Å²) in [7, 11) is 0. The normalized spacial score (nSPS) is 16.3. The lowest BCUT2D eigenvalue weighted by molar-refractivity contribution is -0.0943.